The Morgan fingerprint density at radius 3 is 2.81 bits per heavy atom. The Labute approximate surface area is 94.6 Å². The molecule has 4 heteroatoms. The van der Waals surface area contributed by atoms with Crippen LogP contribution in [0.5, 0.6) is 5.75 Å². The molecule has 0 saturated heterocycles. The molecule has 16 heavy (non-hydrogen) atoms. The van der Waals surface area contributed by atoms with Crippen LogP contribution in [0.3, 0.4) is 0 Å². The zero-order valence-corrected chi connectivity index (χ0v) is 9.71. The Morgan fingerprint density at radius 1 is 1.50 bits per heavy atom. The zero-order valence-electron chi connectivity index (χ0n) is 9.71. The second-order valence-corrected chi connectivity index (χ2v) is 3.92. The van der Waals surface area contributed by atoms with Crippen LogP contribution in [-0.2, 0) is 4.79 Å². The van der Waals surface area contributed by atoms with Crippen molar-refractivity contribution < 1.29 is 13.9 Å². The van der Waals surface area contributed by atoms with Crippen molar-refractivity contribution in [3.05, 3.63) is 29.6 Å². The van der Waals surface area contributed by atoms with Crippen molar-refractivity contribution >= 4 is 5.91 Å². The highest BCUT2D eigenvalue weighted by Crippen LogP contribution is 2.18. The predicted octanol–water partition coefficient (Wildman–Crippen LogP) is 2.04. The van der Waals surface area contributed by atoms with E-state index < -0.39 is 0 Å². The maximum Gasteiger partial charge on any atom is 0.258 e. The molecule has 0 aliphatic carbocycles. The molecule has 1 aromatic rings. The van der Waals surface area contributed by atoms with E-state index in [-0.39, 0.29) is 24.4 Å². The van der Waals surface area contributed by atoms with Gasteiger partial charge in [0.05, 0.1) is 0 Å². The van der Waals surface area contributed by atoms with Crippen molar-refractivity contribution in [3.63, 3.8) is 0 Å². The highest BCUT2D eigenvalue weighted by molar-refractivity contribution is 5.77. The third kappa shape index (κ3) is 3.88. The maximum atomic E-state index is 12.9. The molecule has 0 bridgehead atoms. The third-order valence-corrected chi connectivity index (χ3v) is 1.96. The number of amides is 1. The summed E-state index contributed by atoms with van der Waals surface area (Å²) in [7, 11) is 0. The molecular weight excluding hydrogens is 209 g/mol. The number of halogens is 1. The molecule has 0 saturated carbocycles. The molecule has 0 atom stereocenters. The number of aryl methyl sites for hydroxylation is 1. The molecular formula is C12H16FNO2. The lowest BCUT2D eigenvalue weighted by Gasteiger charge is -2.11. The lowest BCUT2D eigenvalue weighted by molar-refractivity contribution is -0.123. The van der Waals surface area contributed by atoms with E-state index in [1.54, 1.807) is 13.0 Å². The highest BCUT2D eigenvalue weighted by Gasteiger charge is 2.06. The van der Waals surface area contributed by atoms with Crippen LogP contribution in [-0.4, -0.2) is 18.6 Å². The van der Waals surface area contributed by atoms with Crippen molar-refractivity contribution in [1.29, 1.82) is 0 Å². The Balaban J connectivity index is 2.54. The number of benzene rings is 1. The third-order valence-electron chi connectivity index (χ3n) is 1.96. The first-order valence-electron chi connectivity index (χ1n) is 5.17. The van der Waals surface area contributed by atoms with Gasteiger partial charge in [-0.3, -0.25) is 4.79 Å². The van der Waals surface area contributed by atoms with E-state index in [2.05, 4.69) is 5.32 Å². The number of hydrogen-bond acceptors (Lipinski definition) is 2. The summed E-state index contributed by atoms with van der Waals surface area (Å²) in [5.41, 5.74) is 0.804. The van der Waals surface area contributed by atoms with Crippen LogP contribution in [0.1, 0.15) is 19.4 Å². The lowest BCUT2D eigenvalue weighted by Crippen LogP contribution is -2.34. The normalized spacial score (nSPS) is 10.3. The average molecular weight is 225 g/mol. The van der Waals surface area contributed by atoms with Gasteiger partial charge >= 0.3 is 0 Å². The van der Waals surface area contributed by atoms with Crippen LogP contribution >= 0.6 is 0 Å². The van der Waals surface area contributed by atoms with Gasteiger partial charge in [-0.25, -0.2) is 4.39 Å². The minimum Gasteiger partial charge on any atom is -0.483 e. The summed E-state index contributed by atoms with van der Waals surface area (Å²) in [5, 5.41) is 2.69. The minimum atomic E-state index is -0.370. The SMILES string of the molecule is Cc1ccc(F)cc1OCC(=O)NC(C)C. The first-order chi connectivity index (χ1) is 7.49. The summed E-state index contributed by atoms with van der Waals surface area (Å²) in [4.78, 5) is 11.3. The number of rotatable bonds is 4. The molecule has 3 nitrogen and oxygen atoms in total. The first kappa shape index (κ1) is 12.5. The molecule has 0 radical (unpaired) electrons. The predicted molar refractivity (Wildman–Crippen MR) is 59.9 cm³/mol. The van der Waals surface area contributed by atoms with Crippen LogP contribution < -0.4 is 10.1 Å². The van der Waals surface area contributed by atoms with Crippen LogP contribution in [0.25, 0.3) is 0 Å². The van der Waals surface area contributed by atoms with E-state index in [0.717, 1.165) is 5.56 Å². The van der Waals surface area contributed by atoms with E-state index in [1.807, 2.05) is 13.8 Å². The van der Waals surface area contributed by atoms with Crippen molar-refractivity contribution in [2.45, 2.75) is 26.8 Å². The van der Waals surface area contributed by atoms with E-state index in [0.29, 0.717) is 5.75 Å². The van der Waals surface area contributed by atoms with Gasteiger partial charge in [-0.05, 0) is 32.4 Å². The van der Waals surface area contributed by atoms with Crippen molar-refractivity contribution in [1.82, 2.24) is 5.32 Å². The van der Waals surface area contributed by atoms with Crippen LogP contribution in [0.15, 0.2) is 18.2 Å². The van der Waals surface area contributed by atoms with Crippen LogP contribution in [0.2, 0.25) is 0 Å². The van der Waals surface area contributed by atoms with Gasteiger partial charge in [-0.1, -0.05) is 6.07 Å². The summed E-state index contributed by atoms with van der Waals surface area (Å²) in [6.07, 6.45) is 0. The maximum absolute atomic E-state index is 12.9. The summed E-state index contributed by atoms with van der Waals surface area (Å²) >= 11 is 0. The van der Waals surface area contributed by atoms with E-state index in [9.17, 15) is 9.18 Å². The largest absolute Gasteiger partial charge is 0.483 e. The first-order valence-corrected chi connectivity index (χ1v) is 5.17. The lowest BCUT2D eigenvalue weighted by atomic mass is 10.2. The number of nitrogens with one attached hydrogen (secondary N) is 1. The van der Waals surface area contributed by atoms with Gasteiger partial charge in [0.25, 0.3) is 5.91 Å². The van der Waals surface area contributed by atoms with Gasteiger partial charge in [0, 0.05) is 12.1 Å². The zero-order chi connectivity index (χ0) is 12.1. The Morgan fingerprint density at radius 2 is 2.19 bits per heavy atom. The molecule has 0 aromatic heterocycles. The van der Waals surface area contributed by atoms with Gasteiger partial charge in [-0.2, -0.15) is 0 Å². The topological polar surface area (TPSA) is 38.3 Å². The molecule has 0 aliphatic heterocycles. The Hall–Kier alpha value is -1.58. The fraction of sp³-hybridized carbons (Fsp3) is 0.417. The summed E-state index contributed by atoms with van der Waals surface area (Å²) < 4.78 is 18.1. The second kappa shape index (κ2) is 5.49. The Kier molecular flexibility index (Phi) is 4.28. The van der Waals surface area contributed by atoms with Crippen LogP contribution in [0, 0.1) is 12.7 Å². The van der Waals surface area contributed by atoms with Gasteiger partial charge in [0.15, 0.2) is 6.61 Å². The smallest absolute Gasteiger partial charge is 0.258 e. The minimum absolute atomic E-state index is 0.0738. The van der Waals surface area contributed by atoms with E-state index in [4.69, 9.17) is 4.74 Å². The van der Waals surface area contributed by atoms with Crippen molar-refractivity contribution in [2.24, 2.45) is 0 Å². The average Bonchev–Trinajstić information content (AvgIpc) is 2.18. The Bertz CT molecular complexity index is 377. The fourth-order valence-electron chi connectivity index (χ4n) is 1.24. The molecule has 0 aliphatic rings. The fourth-order valence-corrected chi connectivity index (χ4v) is 1.24. The number of carbonyl (C=O) groups excluding carboxylic acids is 1. The van der Waals surface area contributed by atoms with Gasteiger partial charge in [0.1, 0.15) is 11.6 Å². The van der Waals surface area contributed by atoms with Gasteiger partial charge in [0.2, 0.25) is 0 Å². The highest BCUT2D eigenvalue weighted by atomic mass is 19.1. The molecule has 1 rings (SSSR count). The summed E-state index contributed by atoms with van der Waals surface area (Å²) in [6.45, 7) is 5.44. The number of ether oxygens (including phenoxy) is 1. The quantitative estimate of drug-likeness (QED) is 0.851. The standard InChI is InChI=1S/C12H16FNO2/c1-8(2)14-12(15)7-16-11-6-10(13)5-4-9(11)3/h4-6,8H,7H2,1-3H3,(H,14,15). The van der Waals surface area contributed by atoms with Crippen LogP contribution in [0.4, 0.5) is 4.39 Å². The summed E-state index contributed by atoms with van der Waals surface area (Å²) in [6, 6.07) is 4.32. The van der Waals surface area contributed by atoms with Crippen molar-refractivity contribution in [3.8, 4) is 5.75 Å². The number of carbonyl (C=O) groups is 1. The van der Waals surface area contributed by atoms with Crippen molar-refractivity contribution in [2.75, 3.05) is 6.61 Å². The molecule has 0 heterocycles. The van der Waals surface area contributed by atoms with E-state index in [1.165, 1.54) is 12.1 Å². The molecule has 1 N–H and O–H groups in total. The molecule has 1 aromatic carbocycles. The summed E-state index contributed by atoms with van der Waals surface area (Å²) in [5.74, 6) is -0.178. The molecule has 88 valence electrons. The second-order valence-electron chi connectivity index (χ2n) is 3.92. The molecule has 0 spiro atoms. The van der Waals surface area contributed by atoms with E-state index >= 15 is 0 Å². The molecule has 1 amide bonds. The monoisotopic (exact) mass is 225 g/mol. The van der Waals surface area contributed by atoms with Gasteiger partial charge < -0.3 is 10.1 Å². The number of hydrogen-bond donors (Lipinski definition) is 1. The molecule has 0 unspecified atom stereocenters. The molecule has 0 fully saturated rings. The van der Waals surface area contributed by atoms with Gasteiger partial charge in [-0.15, -0.1) is 0 Å².